The number of sulfone groups is 1. The Kier molecular flexibility index (Phi) is 9.09. The summed E-state index contributed by atoms with van der Waals surface area (Å²) in [6, 6.07) is 5.67. The molecule has 0 radical (unpaired) electrons. The molecule has 1 rings (SSSR count). The lowest BCUT2D eigenvalue weighted by molar-refractivity contribution is -0.147. The van der Waals surface area contributed by atoms with Crippen LogP contribution in [0, 0.1) is 0 Å². The number of amides is 1. The van der Waals surface area contributed by atoms with E-state index >= 15 is 0 Å². The maximum Gasteiger partial charge on any atom is 0.328 e. The first-order valence-electron chi connectivity index (χ1n) is 7.72. The van der Waals surface area contributed by atoms with Crippen molar-refractivity contribution in [2.24, 2.45) is 0 Å². The largest absolute Gasteiger partial charge is 0.462 e. The van der Waals surface area contributed by atoms with E-state index in [4.69, 9.17) is 9.47 Å². The second-order valence-electron chi connectivity index (χ2n) is 5.29. The number of carbonyl (C=O) groups excluding carboxylic acids is 2. The van der Waals surface area contributed by atoms with Gasteiger partial charge in [-0.2, -0.15) is 0 Å². The highest BCUT2D eigenvalue weighted by atomic mass is 79.9. The molecule has 1 atom stereocenters. The van der Waals surface area contributed by atoms with Crippen molar-refractivity contribution in [2.75, 3.05) is 31.8 Å². The summed E-state index contributed by atoms with van der Waals surface area (Å²) in [5.74, 6) is -1.43. The smallest absolute Gasteiger partial charge is 0.328 e. The molecule has 1 N–H and O–H groups in total. The highest BCUT2D eigenvalue weighted by Gasteiger charge is 2.25. The molecule has 1 unspecified atom stereocenters. The van der Waals surface area contributed by atoms with Crippen molar-refractivity contribution in [2.45, 2.75) is 19.4 Å². The van der Waals surface area contributed by atoms with Crippen molar-refractivity contribution >= 4 is 37.6 Å². The minimum absolute atomic E-state index is 0.0347. The van der Waals surface area contributed by atoms with Gasteiger partial charge in [-0.1, -0.05) is 12.1 Å². The second-order valence-corrected chi connectivity index (χ2v) is 8.40. The van der Waals surface area contributed by atoms with Gasteiger partial charge < -0.3 is 14.8 Å². The lowest BCUT2D eigenvalue weighted by atomic mass is 10.1. The summed E-state index contributed by atoms with van der Waals surface area (Å²) in [5.41, 5.74) is 0.342. The van der Waals surface area contributed by atoms with Gasteiger partial charge >= 0.3 is 5.97 Å². The summed E-state index contributed by atoms with van der Waals surface area (Å²) in [5, 5.41) is 2.54. The number of carbonyl (C=O) groups is 2. The van der Waals surface area contributed by atoms with Crippen LogP contribution in [-0.4, -0.2) is 58.2 Å². The third-order valence-corrected chi connectivity index (χ3v) is 4.83. The topological polar surface area (TPSA) is 98.8 Å². The molecule has 0 heterocycles. The van der Waals surface area contributed by atoms with Gasteiger partial charge in [-0.15, -0.1) is 0 Å². The average molecular weight is 436 g/mol. The van der Waals surface area contributed by atoms with Crippen LogP contribution < -0.4 is 5.32 Å². The number of halogens is 1. The molecule has 9 heteroatoms. The molecule has 140 valence electrons. The lowest BCUT2D eigenvalue weighted by Gasteiger charge is -2.18. The lowest BCUT2D eigenvalue weighted by Crippen LogP contribution is -2.43. The first kappa shape index (κ1) is 21.6. The van der Waals surface area contributed by atoms with Crippen molar-refractivity contribution in [3.63, 3.8) is 0 Å². The zero-order valence-corrected chi connectivity index (χ0v) is 16.6. The van der Waals surface area contributed by atoms with Gasteiger partial charge in [-0.25, -0.2) is 13.2 Å². The molecule has 0 spiro atoms. The third-order valence-electron chi connectivity index (χ3n) is 3.16. The molecule has 25 heavy (non-hydrogen) atoms. The SMILES string of the molecule is CCOCCOC(=O)C(CCS(C)(=O)=O)NC(=O)c1ccccc1Br. The Balaban J connectivity index is 2.77. The summed E-state index contributed by atoms with van der Waals surface area (Å²) in [6.07, 6.45) is 1.00. The van der Waals surface area contributed by atoms with Gasteiger partial charge in [0.1, 0.15) is 22.5 Å². The number of hydrogen-bond acceptors (Lipinski definition) is 6. The number of rotatable bonds is 10. The first-order chi connectivity index (χ1) is 11.7. The second kappa shape index (κ2) is 10.5. The standard InChI is InChI=1S/C16H22BrNO6S/c1-3-23-9-10-24-16(20)14(8-11-25(2,21)22)18-15(19)12-6-4-5-7-13(12)17/h4-7,14H,3,8-11H2,1-2H3,(H,18,19). The quantitative estimate of drug-likeness (QED) is 0.442. The highest BCUT2D eigenvalue weighted by molar-refractivity contribution is 9.10. The summed E-state index contributed by atoms with van der Waals surface area (Å²) in [4.78, 5) is 24.5. The number of benzene rings is 1. The summed E-state index contributed by atoms with van der Waals surface area (Å²) in [6.45, 7) is 2.58. The van der Waals surface area contributed by atoms with Crippen molar-refractivity contribution in [1.82, 2.24) is 5.32 Å². The predicted octanol–water partition coefficient (Wildman–Crippen LogP) is 1.56. The molecule has 0 aliphatic rings. The van der Waals surface area contributed by atoms with Crippen LogP contribution in [-0.2, 0) is 24.1 Å². The normalized spacial score (nSPS) is 12.4. The molecule has 1 aromatic rings. The van der Waals surface area contributed by atoms with Crippen molar-refractivity contribution in [3.05, 3.63) is 34.3 Å². The van der Waals surface area contributed by atoms with Crippen LogP contribution in [0.1, 0.15) is 23.7 Å². The molecule has 1 amide bonds. The summed E-state index contributed by atoms with van der Waals surface area (Å²) in [7, 11) is -3.28. The minimum atomic E-state index is -3.28. The molecule has 0 bridgehead atoms. The van der Waals surface area contributed by atoms with E-state index in [1.807, 2.05) is 6.92 Å². The molecule has 7 nitrogen and oxygen atoms in total. The monoisotopic (exact) mass is 435 g/mol. The average Bonchev–Trinajstić information content (AvgIpc) is 2.54. The highest BCUT2D eigenvalue weighted by Crippen LogP contribution is 2.16. The van der Waals surface area contributed by atoms with E-state index in [2.05, 4.69) is 21.2 Å². The van der Waals surface area contributed by atoms with Gasteiger partial charge in [0.2, 0.25) is 0 Å². The van der Waals surface area contributed by atoms with E-state index in [0.717, 1.165) is 6.26 Å². The number of ether oxygens (including phenoxy) is 2. The van der Waals surface area contributed by atoms with E-state index in [-0.39, 0.29) is 25.4 Å². The Hall–Kier alpha value is -1.45. The molecule has 0 saturated carbocycles. The van der Waals surface area contributed by atoms with Gasteiger partial charge in [0.05, 0.1) is 17.9 Å². The number of nitrogens with one attached hydrogen (secondary N) is 1. The van der Waals surface area contributed by atoms with Crippen molar-refractivity contribution < 1.29 is 27.5 Å². The van der Waals surface area contributed by atoms with Crippen molar-refractivity contribution in [1.29, 1.82) is 0 Å². The Morgan fingerprint density at radius 3 is 2.52 bits per heavy atom. The van der Waals surface area contributed by atoms with Gasteiger partial charge in [-0.05, 0) is 41.4 Å². The molecule has 0 fully saturated rings. The van der Waals surface area contributed by atoms with E-state index < -0.39 is 27.8 Å². The maximum absolute atomic E-state index is 12.4. The fourth-order valence-electron chi connectivity index (χ4n) is 1.91. The first-order valence-corrected chi connectivity index (χ1v) is 10.6. The fraction of sp³-hybridized carbons (Fsp3) is 0.500. The Morgan fingerprint density at radius 2 is 1.92 bits per heavy atom. The van der Waals surface area contributed by atoms with Crippen LogP contribution in [0.4, 0.5) is 0 Å². The molecule has 1 aromatic carbocycles. The van der Waals surface area contributed by atoms with E-state index in [1.54, 1.807) is 24.3 Å². The Morgan fingerprint density at radius 1 is 1.24 bits per heavy atom. The molecular weight excluding hydrogens is 414 g/mol. The van der Waals surface area contributed by atoms with Crippen LogP contribution in [0.2, 0.25) is 0 Å². The molecule has 0 aromatic heterocycles. The Bertz CT molecular complexity index is 692. The van der Waals surface area contributed by atoms with E-state index in [0.29, 0.717) is 16.6 Å². The zero-order chi connectivity index (χ0) is 18.9. The van der Waals surface area contributed by atoms with Crippen LogP contribution in [0.25, 0.3) is 0 Å². The Labute approximate surface area is 156 Å². The molecule has 0 aliphatic carbocycles. The fourth-order valence-corrected chi connectivity index (χ4v) is 3.04. The van der Waals surface area contributed by atoms with Crippen LogP contribution in [0.15, 0.2) is 28.7 Å². The van der Waals surface area contributed by atoms with Gasteiger partial charge in [0, 0.05) is 17.3 Å². The van der Waals surface area contributed by atoms with Crippen molar-refractivity contribution in [3.8, 4) is 0 Å². The summed E-state index contributed by atoms with van der Waals surface area (Å²) >= 11 is 3.26. The van der Waals surface area contributed by atoms with Crippen LogP contribution in [0.3, 0.4) is 0 Å². The molecular formula is C16H22BrNO6S. The van der Waals surface area contributed by atoms with Gasteiger partial charge in [0.15, 0.2) is 0 Å². The van der Waals surface area contributed by atoms with E-state index in [1.165, 1.54) is 0 Å². The van der Waals surface area contributed by atoms with Gasteiger partial charge in [0.25, 0.3) is 5.91 Å². The predicted molar refractivity (Wildman–Crippen MR) is 97.2 cm³/mol. The van der Waals surface area contributed by atoms with Crippen LogP contribution >= 0.6 is 15.9 Å². The number of esters is 1. The van der Waals surface area contributed by atoms with E-state index in [9.17, 15) is 18.0 Å². The molecule has 0 saturated heterocycles. The van der Waals surface area contributed by atoms with Gasteiger partial charge in [-0.3, -0.25) is 4.79 Å². The zero-order valence-electron chi connectivity index (χ0n) is 14.2. The number of hydrogen-bond donors (Lipinski definition) is 1. The maximum atomic E-state index is 12.4. The minimum Gasteiger partial charge on any atom is -0.462 e. The third kappa shape index (κ3) is 8.46. The molecule has 0 aliphatic heterocycles. The van der Waals surface area contributed by atoms with Crippen LogP contribution in [0.5, 0.6) is 0 Å². The summed E-state index contributed by atoms with van der Waals surface area (Å²) < 4.78 is 33.4.